The van der Waals surface area contributed by atoms with Gasteiger partial charge in [-0.1, -0.05) is 78.9 Å². The van der Waals surface area contributed by atoms with Crippen LogP contribution in [0.3, 0.4) is 0 Å². The van der Waals surface area contributed by atoms with Gasteiger partial charge in [-0.25, -0.2) is 15.6 Å². The predicted molar refractivity (Wildman–Crippen MR) is 110 cm³/mol. The number of carbonyl (C=O) groups is 2. The molecule has 0 aromatic heterocycles. The zero-order valence-corrected chi connectivity index (χ0v) is 15.6. The van der Waals surface area contributed by atoms with Gasteiger partial charge in [0.25, 0.3) is 5.91 Å². The van der Waals surface area contributed by atoms with Gasteiger partial charge in [-0.3, -0.25) is 9.79 Å². The summed E-state index contributed by atoms with van der Waals surface area (Å²) < 4.78 is 5.38. The maximum atomic E-state index is 12.9. The number of anilines is 1. The van der Waals surface area contributed by atoms with Gasteiger partial charge in [-0.05, 0) is 11.6 Å². The molecular formula is C23H19N3O3. The number of fused-ring (bicyclic) bond motifs is 1. The van der Waals surface area contributed by atoms with Crippen molar-refractivity contribution in [2.75, 3.05) is 5.01 Å². The average Bonchev–Trinajstić information content (AvgIpc) is 2.89. The molecule has 3 aromatic carbocycles. The fourth-order valence-corrected chi connectivity index (χ4v) is 3.18. The Hall–Kier alpha value is -3.77. The molecule has 1 aliphatic heterocycles. The van der Waals surface area contributed by atoms with Crippen molar-refractivity contribution in [3.8, 4) is 0 Å². The van der Waals surface area contributed by atoms with E-state index >= 15 is 0 Å². The molecule has 0 radical (unpaired) electrons. The lowest BCUT2D eigenvalue weighted by molar-refractivity contribution is -0.149. The van der Waals surface area contributed by atoms with E-state index < -0.39 is 17.9 Å². The van der Waals surface area contributed by atoms with E-state index in [0.717, 1.165) is 16.1 Å². The summed E-state index contributed by atoms with van der Waals surface area (Å²) in [5.74, 6) is 4.69. The number of amides is 1. The van der Waals surface area contributed by atoms with E-state index in [4.69, 9.17) is 10.6 Å². The molecule has 0 spiro atoms. The Bertz CT molecular complexity index is 1060. The summed E-state index contributed by atoms with van der Waals surface area (Å²) in [5.41, 5.74) is 3.28. The monoisotopic (exact) mass is 385 g/mol. The molecule has 29 heavy (non-hydrogen) atoms. The molecular weight excluding hydrogens is 366 g/mol. The van der Waals surface area contributed by atoms with E-state index in [1.165, 1.54) is 0 Å². The third-order valence-electron chi connectivity index (χ3n) is 4.64. The summed E-state index contributed by atoms with van der Waals surface area (Å²) in [6, 6.07) is 24.4. The highest BCUT2D eigenvalue weighted by Crippen LogP contribution is 2.27. The normalized spacial score (nSPS) is 15.9. The zero-order chi connectivity index (χ0) is 20.2. The molecule has 2 N–H and O–H groups in total. The van der Waals surface area contributed by atoms with Crippen molar-refractivity contribution in [2.45, 2.75) is 12.6 Å². The van der Waals surface area contributed by atoms with Gasteiger partial charge in [-0.2, -0.15) is 0 Å². The van der Waals surface area contributed by atoms with Crippen molar-refractivity contribution in [1.29, 1.82) is 0 Å². The summed E-state index contributed by atoms with van der Waals surface area (Å²) in [4.78, 5) is 30.2. The van der Waals surface area contributed by atoms with Crippen molar-refractivity contribution in [2.24, 2.45) is 10.8 Å². The molecule has 3 aromatic rings. The summed E-state index contributed by atoms with van der Waals surface area (Å²) in [6.07, 6.45) is 0. The molecule has 1 aliphatic rings. The summed E-state index contributed by atoms with van der Waals surface area (Å²) in [5, 5.41) is 0.975. The number of aliphatic imine (C=N–C) groups is 1. The predicted octanol–water partition coefficient (Wildman–Crippen LogP) is 2.86. The minimum Gasteiger partial charge on any atom is -0.459 e. The molecule has 1 amide bonds. The van der Waals surface area contributed by atoms with Gasteiger partial charge in [0, 0.05) is 11.1 Å². The summed E-state index contributed by atoms with van der Waals surface area (Å²) >= 11 is 0. The first-order valence-electron chi connectivity index (χ1n) is 9.17. The van der Waals surface area contributed by atoms with Crippen molar-refractivity contribution < 1.29 is 14.3 Å². The number of nitrogens with two attached hydrogens (primary N) is 1. The highest BCUT2D eigenvalue weighted by Gasteiger charge is 2.36. The molecule has 0 saturated carbocycles. The molecule has 0 fully saturated rings. The van der Waals surface area contributed by atoms with Gasteiger partial charge in [-0.15, -0.1) is 0 Å². The Balaban J connectivity index is 1.72. The lowest BCUT2D eigenvalue weighted by Gasteiger charge is -2.19. The van der Waals surface area contributed by atoms with Crippen LogP contribution in [-0.4, -0.2) is 23.6 Å². The maximum absolute atomic E-state index is 12.9. The number of hydrogen-bond donors (Lipinski definition) is 1. The quantitative estimate of drug-likeness (QED) is 0.324. The minimum atomic E-state index is -1.38. The SMILES string of the molecule is NN1C(=O)C(C(=O)OCc2ccccc2)N=C(c2ccccc2)c2ccccc21. The molecule has 6 nitrogen and oxygen atoms in total. The molecule has 0 bridgehead atoms. The maximum Gasteiger partial charge on any atom is 0.341 e. The number of ether oxygens (including phenoxy) is 1. The molecule has 1 heterocycles. The first-order valence-corrected chi connectivity index (χ1v) is 9.17. The zero-order valence-electron chi connectivity index (χ0n) is 15.6. The second-order valence-corrected chi connectivity index (χ2v) is 6.56. The van der Waals surface area contributed by atoms with Crippen molar-refractivity contribution in [1.82, 2.24) is 0 Å². The van der Waals surface area contributed by atoms with Crippen molar-refractivity contribution >= 4 is 23.3 Å². The lowest BCUT2D eigenvalue weighted by Crippen LogP contribution is -2.46. The van der Waals surface area contributed by atoms with E-state index in [2.05, 4.69) is 4.99 Å². The highest BCUT2D eigenvalue weighted by molar-refractivity contribution is 6.22. The number of hydrogen-bond acceptors (Lipinski definition) is 5. The molecule has 4 rings (SSSR count). The lowest BCUT2D eigenvalue weighted by atomic mass is 10.0. The molecule has 1 atom stereocenters. The van der Waals surface area contributed by atoms with Crippen molar-refractivity contribution in [3.05, 3.63) is 102 Å². The summed E-state index contributed by atoms with van der Waals surface area (Å²) in [6.45, 7) is 0.0527. The van der Waals surface area contributed by atoms with E-state index in [1.807, 2.05) is 72.8 Å². The van der Waals surface area contributed by atoms with Crippen LogP contribution >= 0.6 is 0 Å². The third-order valence-corrected chi connectivity index (χ3v) is 4.64. The fraction of sp³-hybridized carbons (Fsp3) is 0.0870. The number of para-hydroxylation sites is 1. The number of nitrogens with zero attached hydrogens (tertiary/aromatic N) is 2. The highest BCUT2D eigenvalue weighted by atomic mass is 16.5. The molecule has 1 unspecified atom stereocenters. The number of hydrazine groups is 1. The Kier molecular flexibility index (Phi) is 5.18. The van der Waals surface area contributed by atoms with E-state index in [9.17, 15) is 9.59 Å². The average molecular weight is 385 g/mol. The number of benzene rings is 3. The van der Waals surface area contributed by atoms with Crippen molar-refractivity contribution in [3.63, 3.8) is 0 Å². The first kappa shape index (κ1) is 18.6. The number of carbonyl (C=O) groups excluding carboxylic acids is 2. The van der Waals surface area contributed by atoms with Gasteiger partial charge < -0.3 is 4.74 Å². The first-order chi connectivity index (χ1) is 14.1. The van der Waals surface area contributed by atoms with Crippen LogP contribution in [0.2, 0.25) is 0 Å². The van der Waals surface area contributed by atoms with E-state index in [-0.39, 0.29) is 6.61 Å². The molecule has 0 saturated heterocycles. The molecule has 0 aliphatic carbocycles. The second kappa shape index (κ2) is 8.08. The van der Waals surface area contributed by atoms with Crippen LogP contribution in [0.25, 0.3) is 0 Å². The van der Waals surface area contributed by atoms with Crippen LogP contribution in [0.15, 0.2) is 89.9 Å². The Morgan fingerprint density at radius 3 is 2.28 bits per heavy atom. The van der Waals surface area contributed by atoms with Crippen LogP contribution in [0.4, 0.5) is 5.69 Å². The molecule has 144 valence electrons. The van der Waals surface area contributed by atoms with Crippen LogP contribution in [-0.2, 0) is 20.9 Å². The third kappa shape index (κ3) is 3.79. The second-order valence-electron chi connectivity index (χ2n) is 6.56. The Morgan fingerprint density at radius 2 is 1.55 bits per heavy atom. The van der Waals surface area contributed by atoms with Gasteiger partial charge >= 0.3 is 5.97 Å². The van der Waals surface area contributed by atoms with Gasteiger partial charge in [0.2, 0.25) is 6.04 Å². The topological polar surface area (TPSA) is 85.0 Å². The van der Waals surface area contributed by atoms with Crippen LogP contribution in [0.1, 0.15) is 16.7 Å². The van der Waals surface area contributed by atoms with Crippen LogP contribution in [0, 0.1) is 0 Å². The Labute approximate surface area is 168 Å². The molecule has 6 heteroatoms. The van der Waals surface area contributed by atoms with Crippen LogP contribution in [0.5, 0.6) is 0 Å². The Morgan fingerprint density at radius 1 is 0.931 bits per heavy atom. The summed E-state index contributed by atoms with van der Waals surface area (Å²) in [7, 11) is 0. The standard InChI is InChI=1S/C23H19N3O3/c24-26-19-14-8-7-13-18(19)20(17-11-5-2-6-12-17)25-21(22(26)27)23(28)29-15-16-9-3-1-4-10-16/h1-14,21H,15,24H2. The number of rotatable bonds is 4. The fourth-order valence-electron chi connectivity index (χ4n) is 3.18. The minimum absolute atomic E-state index is 0.0527. The number of benzodiazepines with no additional fused rings is 1. The van der Waals surface area contributed by atoms with E-state index in [0.29, 0.717) is 17.0 Å². The van der Waals surface area contributed by atoms with Gasteiger partial charge in [0.15, 0.2) is 0 Å². The van der Waals surface area contributed by atoms with Crippen LogP contribution < -0.4 is 10.9 Å². The number of esters is 1. The van der Waals surface area contributed by atoms with E-state index in [1.54, 1.807) is 12.1 Å². The van der Waals surface area contributed by atoms with Gasteiger partial charge in [0.05, 0.1) is 11.4 Å². The smallest absolute Gasteiger partial charge is 0.341 e. The van der Waals surface area contributed by atoms with Gasteiger partial charge in [0.1, 0.15) is 6.61 Å². The largest absolute Gasteiger partial charge is 0.459 e.